The standard InChI is InChI=1S/C17H25NO2/c1-17(8-3-9-20-17)12-18-15-6-4-13-5-7-16(19-2)11-14(13)10-15/h5,7,11,15,18H,3-4,6,8-10,12H2,1-2H3. The first-order valence-electron chi connectivity index (χ1n) is 7.72. The first-order valence-corrected chi connectivity index (χ1v) is 7.72. The van der Waals surface area contributed by atoms with Gasteiger partial charge in [-0.15, -0.1) is 0 Å². The number of benzene rings is 1. The molecule has 2 atom stereocenters. The summed E-state index contributed by atoms with van der Waals surface area (Å²) in [5.74, 6) is 0.968. The maximum atomic E-state index is 5.85. The van der Waals surface area contributed by atoms with Crippen LogP contribution in [-0.4, -0.2) is 31.9 Å². The molecule has 0 amide bonds. The van der Waals surface area contributed by atoms with Gasteiger partial charge in [-0.1, -0.05) is 6.07 Å². The van der Waals surface area contributed by atoms with Crippen LogP contribution >= 0.6 is 0 Å². The van der Waals surface area contributed by atoms with Crippen molar-refractivity contribution in [2.45, 2.75) is 50.7 Å². The number of hydrogen-bond acceptors (Lipinski definition) is 3. The third-order valence-corrected chi connectivity index (χ3v) is 4.71. The topological polar surface area (TPSA) is 30.5 Å². The summed E-state index contributed by atoms with van der Waals surface area (Å²) in [6, 6.07) is 7.04. The highest BCUT2D eigenvalue weighted by Gasteiger charge is 2.30. The van der Waals surface area contributed by atoms with Crippen LogP contribution in [0.25, 0.3) is 0 Å². The summed E-state index contributed by atoms with van der Waals surface area (Å²) in [4.78, 5) is 0. The molecule has 0 saturated carbocycles. The molecule has 1 aliphatic heterocycles. The van der Waals surface area contributed by atoms with Crippen molar-refractivity contribution in [1.82, 2.24) is 5.32 Å². The number of hydrogen-bond donors (Lipinski definition) is 1. The van der Waals surface area contributed by atoms with Gasteiger partial charge >= 0.3 is 0 Å². The zero-order valence-corrected chi connectivity index (χ0v) is 12.6. The SMILES string of the molecule is COc1ccc2c(c1)CC(NCC1(C)CCCO1)CC2. The molecule has 1 aromatic rings. The fraction of sp³-hybridized carbons (Fsp3) is 0.647. The molecule has 1 N–H and O–H groups in total. The maximum Gasteiger partial charge on any atom is 0.119 e. The van der Waals surface area contributed by atoms with Crippen LogP contribution in [0.3, 0.4) is 0 Å². The van der Waals surface area contributed by atoms with Crippen molar-refractivity contribution >= 4 is 0 Å². The minimum Gasteiger partial charge on any atom is -0.497 e. The fourth-order valence-electron chi connectivity index (χ4n) is 3.37. The molecule has 2 unspecified atom stereocenters. The van der Waals surface area contributed by atoms with Gasteiger partial charge in [-0.05, 0) is 62.3 Å². The number of ether oxygens (including phenoxy) is 2. The van der Waals surface area contributed by atoms with E-state index in [9.17, 15) is 0 Å². The normalized spacial score (nSPS) is 29.2. The molecule has 0 aromatic heterocycles. The summed E-state index contributed by atoms with van der Waals surface area (Å²) >= 11 is 0. The minimum absolute atomic E-state index is 0.0503. The van der Waals surface area contributed by atoms with Crippen LogP contribution in [-0.2, 0) is 17.6 Å². The molecule has 1 fully saturated rings. The van der Waals surface area contributed by atoms with Crippen molar-refractivity contribution in [3.63, 3.8) is 0 Å². The third-order valence-electron chi connectivity index (χ3n) is 4.71. The highest BCUT2D eigenvalue weighted by Crippen LogP contribution is 2.27. The van der Waals surface area contributed by atoms with Crippen molar-refractivity contribution in [1.29, 1.82) is 0 Å². The Morgan fingerprint density at radius 1 is 1.40 bits per heavy atom. The van der Waals surface area contributed by atoms with Gasteiger partial charge in [0.05, 0.1) is 12.7 Å². The highest BCUT2D eigenvalue weighted by atomic mass is 16.5. The minimum atomic E-state index is 0.0503. The smallest absolute Gasteiger partial charge is 0.119 e. The van der Waals surface area contributed by atoms with Gasteiger partial charge < -0.3 is 14.8 Å². The van der Waals surface area contributed by atoms with E-state index in [1.54, 1.807) is 7.11 Å². The van der Waals surface area contributed by atoms with E-state index in [-0.39, 0.29) is 5.60 Å². The monoisotopic (exact) mass is 275 g/mol. The van der Waals surface area contributed by atoms with E-state index in [0.29, 0.717) is 6.04 Å². The lowest BCUT2D eigenvalue weighted by Gasteiger charge is -2.30. The summed E-state index contributed by atoms with van der Waals surface area (Å²) in [5, 5.41) is 3.72. The Morgan fingerprint density at radius 2 is 2.30 bits per heavy atom. The summed E-state index contributed by atoms with van der Waals surface area (Å²) in [6.07, 6.45) is 5.85. The van der Waals surface area contributed by atoms with Crippen molar-refractivity contribution in [3.8, 4) is 5.75 Å². The van der Waals surface area contributed by atoms with Gasteiger partial charge in [0, 0.05) is 19.2 Å². The molecule has 3 nitrogen and oxygen atoms in total. The molecule has 0 bridgehead atoms. The molecule has 0 radical (unpaired) electrons. The Hall–Kier alpha value is -1.06. The van der Waals surface area contributed by atoms with E-state index < -0.39 is 0 Å². The summed E-state index contributed by atoms with van der Waals surface area (Å²) in [5.41, 5.74) is 2.96. The van der Waals surface area contributed by atoms with Gasteiger partial charge in [0.1, 0.15) is 5.75 Å². The second-order valence-electron chi connectivity index (χ2n) is 6.36. The third kappa shape index (κ3) is 2.99. The first-order chi connectivity index (χ1) is 9.68. The second kappa shape index (κ2) is 5.74. The lowest BCUT2D eigenvalue weighted by molar-refractivity contribution is 0.0184. The van der Waals surface area contributed by atoms with Gasteiger partial charge in [0.2, 0.25) is 0 Å². The summed E-state index contributed by atoms with van der Waals surface area (Å²) in [7, 11) is 1.73. The zero-order chi connectivity index (χ0) is 14.0. The van der Waals surface area contributed by atoms with E-state index in [4.69, 9.17) is 9.47 Å². The van der Waals surface area contributed by atoms with Crippen LogP contribution in [0.15, 0.2) is 18.2 Å². The number of rotatable bonds is 4. The number of fused-ring (bicyclic) bond motifs is 1. The van der Waals surface area contributed by atoms with Gasteiger partial charge in [0.15, 0.2) is 0 Å². The van der Waals surface area contributed by atoms with Crippen LogP contribution in [0.4, 0.5) is 0 Å². The quantitative estimate of drug-likeness (QED) is 0.916. The molecular weight excluding hydrogens is 250 g/mol. The van der Waals surface area contributed by atoms with Crippen molar-refractivity contribution < 1.29 is 9.47 Å². The van der Waals surface area contributed by atoms with E-state index in [1.807, 2.05) is 0 Å². The molecule has 3 rings (SSSR count). The largest absolute Gasteiger partial charge is 0.497 e. The Balaban J connectivity index is 1.60. The number of methoxy groups -OCH3 is 1. The van der Waals surface area contributed by atoms with Crippen LogP contribution < -0.4 is 10.1 Å². The van der Waals surface area contributed by atoms with Crippen LogP contribution in [0.2, 0.25) is 0 Å². The molecule has 110 valence electrons. The van der Waals surface area contributed by atoms with Gasteiger partial charge in [-0.2, -0.15) is 0 Å². The van der Waals surface area contributed by atoms with E-state index >= 15 is 0 Å². The lowest BCUT2D eigenvalue weighted by Crippen LogP contribution is -2.44. The molecular formula is C17H25NO2. The zero-order valence-electron chi connectivity index (χ0n) is 12.6. The van der Waals surface area contributed by atoms with Crippen molar-refractivity contribution in [2.24, 2.45) is 0 Å². The molecule has 20 heavy (non-hydrogen) atoms. The highest BCUT2D eigenvalue weighted by molar-refractivity contribution is 5.37. The number of aryl methyl sites for hydroxylation is 1. The molecule has 1 aromatic carbocycles. The lowest BCUT2D eigenvalue weighted by atomic mass is 9.87. The Bertz CT molecular complexity index is 466. The Kier molecular flexibility index (Phi) is 3.99. The average molecular weight is 275 g/mol. The second-order valence-corrected chi connectivity index (χ2v) is 6.36. The van der Waals surface area contributed by atoms with Gasteiger partial charge in [0.25, 0.3) is 0 Å². The maximum absolute atomic E-state index is 5.85. The number of nitrogens with one attached hydrogen (secondary N) is 1. The summed E-state index contributed by atoms with van der Waals surface area (Å²) in [6.45, 7) is 4.12. The van der Waals surface area contributed by atoms with E-state index in [2.05, 4.69) is 30.4 Å². The molecule has 1 saturated heterocycles. The molecule has 3 heteroatoms. The Morgan fingerprint density at radius 3 is 3.05 bits per heavy atom. The fourth-order valence-corrected chi connectivity index (χ4v) is 3.37. The van der Waals surface area contributed by atoms with Crippen molar-refractivity contribution in [2.75, 3.05) is 20.3 Å². The molecule has 1 aliphatic carbocycles. The van der Waals surface area contributed by atoms with Gasteiger partial charge in [-0.3, -0.25) is 0 Å². The van der Waals surface area contributed by atoms with Crippen molar-refractivity contribution in [3.05, 3.63) is 29.3 Å². The van der Waals surface area contributed by atoms with Crippen LogP contribution in [0.5, 0.6) is 5.75 Å². The molecule has 2 aliphatic rings. The summed E-state index contributed by atoms with van der Waals surface area (Å²) < 4.78 is 11.2. The van der Waals surface area contributed by atoms with Crippen LogP contribution in [0, 0.1) is 0 Å². The van der Waals surface area contributed by atoms with E-state index in [1.165, 1.54) is 30.4 Å². The average Bonchev–Trinajstić information content (AvgIpc) is 2.91. The van der Waals surface area contributed by atoms with E-state index in [0.717, 1.165) is 31.7 Å². The molecule has 1 heterocycles. The van der Waals surface area contributed by atoms with Crippen LogP contribution in [0.1, 0.15) is 37.3 Å². The first kappa shape index (κ1) is 13.9. The predicted octanol–water partition coefficient (Wildman–Crippen LogP) is 2.71. The Labute approximate surface area is 121 Å². The predicted molar refractivity (Wildman–Crippen MR) is 80.4 cm³/mol. The molecule has 0 spiro atoms. The van der Waals surface area contributed by atoms with Gasteiger partial charge in [-0.25, -0.2) is 0 Å².